The summed E-state index contributed by atoms with van der Waals surface area (Å²) in [6, 6.07) is 5.79. The van der Waals surface area contributed by atoms with Crippen LogP contribution in [0.4, 0.5) is 5.69 Å². The van der Waals surface area contributed by atoms with Crippen LogP contribution in [0, 0.1) is 6.92 Å². The number of carbonyl (C=O) groups excluding carboxylic acids is 1. The van der Waals surface area contributed by atoms with Gasteiger partial charge in [-0.3, -0.25) is 9.78 Å². The largest absolute Gasteiger partial charge is 0.493 e. The number of rotatable bonds is 4. The van der Waals surface area contributed by atoms with Crippen LogP contribution in [0.1, 0.15) is 11.1 Å². The second-order valence-corrected chi connectivity index (χ2v) is 6.62. The van der Waals surface area contributed by atoms with Gasteiger partial charge >= 0.3 is 0 Å². The Morgan fingerprint density at radius 2 is 2.33 bits per heavy atom. The molecule has 1 aliphatic heterocycles. The normalized spacial score (nSPS) is 12.9. The van der Waals surface area contributed by atoms with Crippen molar-refractivity contribution < 1.29 is 9.53 Å². The monoisotopic (exact) mass is 340 g/mol. The van der Waals surface area contributed by atoms with Crippen molar-refractivity contribution in [2.75, 3.05) is 17.7 Å². The molecule has 1 aliphatic rings. The van der Waals surface area contributed by atoms with Crippen LogP contribution in [0.15, 0.2) is 35.7 Å². The third-order valence-corrected chi connectivity index (χ3v) is 4.75. The van der Waals surface area contributed by atoms with E-state index in [4.69, 9.17) is 4.74 Å². The molecule has 0 fully saturated rings. The number of thioether (sulfide) groups is 1. The fraction of sp³-hybridized carbons (Fsp3) is 0.235. The molecule has 0 radical (unpaired) electrons. The van der Waals surface area contributed by atoms with Crippen LogP contribution in [-0.2, 0) is 11.2 Å². The van der Waals surface area contributed by atoms with Crippen LogP contribution in [0.3, 0.4) is 0 Å². The first-order valence-electron chi connectivity index (χ1n) is 7.68. The second kappa shape index (κ2) is 6.16. The van der Waals surface area contributed by atoms with E-state index in [1.54, 1.807) is 12.4 Å². The Balaban J connectivity index is 1.40. The number of hydrogen-bond acceptors (Lipinski definition) is 5. The molecular formula is C17H16N4O2S. The van der Waals surface area contributed by atoms with Crippen molar-refractivity contribution in [2.24, 2.45) is 0 Å². The van der Waals surface area contributed by atoms with E-state index in [0.717, 1.165) is 34.5 Å². The molecule has 1 aromatic carbocycles. The summed E-state index contributed by atoms with van der Waals surface area (Å²) in [5.74, 6) is 1.07. The van der Waals surface area contributed by atoms with E-state index in [-0.39, 0.29) is 11.7 Å². The standard InChI is InChI=1S/C17H16N4O2S/c1-10-7-18-8-13-16(10)21-17(20-13)24-9-15(22)19-12-3-2-11-4-5-23-14(11)6-12/h2-3,6-8H,4-5,9H2,1H3,(H,19,22)(H,20,21). The number of aromatic nitrogens is 3. The Morgan fingerprint density at radius 3 is 3.21 bits per heavy atom. The van der Waals surface area contributed by atoms with Crippen molar-refractivity contribution in [2.45, 2.75) is 18.5 Å². The minimum atomic E-state index is -0.0757. The van der Waals surface area contributed by atoms with Crippen LogP contribution >= 0.6 is 11.8 Å². The van der Waals surface area contributed by atoms with Crippen molar-refractivity contribution in [1.82, 2.24) is 15.0 Å². The van der Waals surface area contributed by atoms with E-state index in [1.807, 2.05) is 25.1 Å². The third kappa shape index (κ3) is 2.94. The highest BCUT2D eigenvalue weighted by atomic mass is 32.2. The number of benzene rings is 1. The number of carbonyl (C=O) groups is 1. The van der Waals surface area contributed by atoms with Crippen LogP contribution < -0.4 is 10.1 Å². The average Bonchev–Trinajstić information content (AvgIpc) is 3.19. The van der Waals surface area contributed by atoms with Crippen LogP contribution in [0.2, 0.25) is 0 Å². The van der Waals surface area contributed by atoms with Gasteiger partial charge in [-0.1, -0.05) is 17.8 Å². The summed E-state index contributed by atoms with van der Waals surface area (Å²) in [7, 11) is 0. The number of anilines is 1. The fourth-order valence-corrected chi connectivity index (χ4v) is 3.36. The van der Waals surface area contributed by atoms with Crippen LogP contribution in [0.25, 0.3) is 11.0 Å². The maximum Gasteiger partial charge on any atom is 0.234 e. The summed E-state index contributed by atoms with van der Waals surface area (Å²) in [5, 5.41) is 3.61. The predicted molar refractivity (Wildman–Crippen MR) is 93.6 cm³/mol. The zero-order valence-corrected chi connectivity index (χ0v) is 13.9. The lowest BCUT2D eigenvalue weighted by Crippen LogP contribution is -2.14. The van der Waals surface area contributed by atoms with Gasteiger partial charge in [-0.05, 0) is 24.1 Å². The van der Waals surface area contributed by atoms with Gasteiger partial charge in [0.1, 0.15) is 5.75 Å². The van der Waals surface area contributed by atoms with E-state index in [0.29, 0.717) is 11.8 Å². The maximum atomic E-state index is 12.1. The first-order chi connectivity index (χ1) is 11.7. The van der Waals surface area contributed by atoms with Crippen LogP contribution in [-0.4, -0.2) is 33.2 Å². The number of ether oxygens (including phenoxy) is 1. The van der Waals surface area contributed by atoms with Gasteiger partial charge in [0.15, 0.2) is 5.16 Å². The maximum absolute atomic E-state index is 12.1. The summed E-state index contributed by atoms with van der Waals surface area (Å²) in [4.78, 5) is 24.0. The number of fused-ring (bicyclic) bond motifs is 2. The fourth-order valence-electron chi connectivity index (χ4n) is 2.69. The molecule has 24 heavy (non-hydrogen) atoms. The Bertz CT molecular complexity index is 922. The first-order valence-corrected chi connectivity index (χ1v) is 8.66. The van der Waals surface area contributed by atoms with Crippen molar-refractivity contribution in [3.8, 4) is 5.75 Å². The molecule has 0 aliphatic carbocycles. The zero-order valence-electron chi connectivity index (χ0n) is 13.1. The third-order valence-electron chi connectivity index (χ3n) is 3.88. The number of hydrogen-bond donors (Lipinski definition) is 2. The van der Waals surface area contributed by atoms with Gasteiger partial charge in [0.2, 0.25) is 5.91 Å². The summed E-state index contributed by atoms with van der Waals surface area (Å²) in [5.41, 5.74) is 4.73. The molecule has 0 atom stereocenters. The van der Waals surface area contributed by atoms with E-state index < -0.39 is 0 Å². The zero-order chi connectivity index (χ0) is 16.5. The Hall–Kier alpha value is -2.54. The smallest absolute Gasteiger partial charge is 0.234 e. The summed E-state index contributed by atoms with van der Waals surface area (Å²) in [6.07, 6.45) is 4.45. The van der Waals surface area contributed by atoms with Crippen molar-refractivity contribution >= 4 is 34.4 Å². The topological polar surface area (TPSA) is 79.9 Å². The van der Waals surface area contributed by atoms with Gasteiger partial charge in [-0.2, -0.15) is 0 Å². The van der Waals surface area contributed by atoms with Gasteiger partial charge in [0.25, 0.3) is 0 Å². The molecular weight excluding hydrogens is 324 g/mol. The average molecular weight is 340 g/mol. The van der Waals surface area contributed by atoms with Gasteiger partial charge in [0, 0.05) is 24.4 Å². The molecule has 0 saturated heterocycles. The summed E-state index contributed by atoms with van der Waals surface area (Å²) < 4.78 is 5.52. The molecule has 6 nitrogen and oxygen atoms in total. The number of H-pyrrole nitrogens is 1. The molecule has 2 N–H and O–H groups in total. The SMILES string of the molecule is Cc1cncc2[nH]c(SCC(=O)Nc3ccc4c(c3)OCC4)nc12. The minimum Gasteiger partial charge on any atom is -0.493 e. The molecule has 0 spiro atoms. The molecule has 4 rings (SSSR count). The highest BCUT2D eigenvalue weighted by molar-refractivity contribution is 7.99. The van der Waals surface area contributed by atoms with Gasteiger partial charge in [-0.15, -0.1) is 0 Å². The molecule has 7 heteroatoms. The highest BCUT2D eigenvalue weighted by Gasteiger charge is 2.13. The predicted octanol–water partition coefficient (Wildman–Crippen LogP) is 2.93. The van der Waals surface area contributed by atoms with E-state index in [9.17, 15) is 4.79 Å². The molecule has 2 aromatic heterocycles. The number of pyridine rings is 1. The molecule has 0 unspecified atom stereocenters. The van der Waals surface area contributed by atoms with E-state index in [1.165, 1.54) is 17.3 Å². The van der Waals surface area contributed by atoms with Gasteiger partial charge < -0.3 is 15.0 Å². The van der Waals surface area contributed by atoms with Crippen molar-refractivity contribution in [3.63, 3.8) is 0 Å². The Labute approximate surface area is 143 Å². The quantitative estimate of drug-likeness (QED) is 0.714. The van der Waals surface area contributed by atoms with E-state index in [2.05, 4.69) is 20.3 Å². The first kappa shape index (κ1) is 15.0. The lowest BCUT2D eigenvalue weighted by molar-refractivity contribution is -0.113. The number of aryl methyl sites for hydroxylation is 1. The molecule has 3 aromatic rings. The second-order valence-electron chi connectivity index (χ2n) is 5.65. The van der Waals surface area contributed by atoms with Gasteiger partial charge in [-0.25, -0.2) is 4.98 Å². The Morgan fingerprint density at radius 1 is 1.42 bits per heavy atom. The molecule has 0 bridgehead atoms. The lowest BCUT2D eigenvalue weighted by Gasteiger charge is -2.06. The number of nitrogens with one attached hydrogen (secondary N) is 2. The molecule has 122 valence electrons. The summed E-state index contributed by atoms with van der Waals surface area (Å²) in [6.45, 7) is 2.68. The lowest BCUT2D eigenvalue weighted by atomic mass is 10.1. The minimum absolute atomic E-state index is 0.0757. The number of amides is 1. The van der Waals surface area contributed by atoms with Gasteiger partial charge in [0.05, 0.1) is 29.6 Å². The van der Waals surface area contributed by atoms with Crippen LogP contribution in [0.5, 0.6) is 5.75 Å². The number of imidazole rings is 1. The molecule has 3 heterocycles. The highest BCUT2D eigenvalue weighted by Crippen LogP contribution is 2.28. The Kier molecular flexibility index (Phi) is 3.86. The van der Waals surface area contributed by atoms with Crippen molar-refractivity contribution in [1.29, 1.82) is 0 Å². The number of nitrogens with zero attached hydrogens (tertiary/aromatic N) is 2. The number of aromatic amines is 1. The molecule has 0 saturated carbocycles. The summed E-state index contributed by atoms with van der Waals surface area (Å²) >= 11 is 1.37. The molecule has 1 amide bonds. The van der Waals surface area contributed by atoms with E-state index >= 15 is 0 Å². The van der Waals surface area contributed by atoms with Crippen molar-refractivity contribution in [3.05, 3.63) is 41.7 Å².